The van der Waals surface area contributed by atoms with Gasteiger partial charge < -0.3 is 5.32 Å². The summed E-state index contributed by atoms with van der Waals surface area (Å²) < 4.78 is 0. The summed E-state index contributed by atoms with van der Waals surface area (Å²) in [7, 11) is 0. The molecule has 6 heteroatoms. The van der Waals surface area contributed by atoms with Gasteiger partial charge in [0, 0.05) is 11.6 Å². The van der Waals surface area contributed by atoms with Crippen LogP contribution in [0.1, 0.15) is 32.8 Å². The number of thioether (sulfide) groups is 1. The van der Waals surface area contributed by atoms with Crippen LogP contribution >= 0.6 is 23.4 Å². The first kappa shape index (κ1) is 15.2. The van der Waals surface area contributed by atoms with Gasteiger partial charge in [-0.2, -0.15) is 0 Å². The molecule has 1 aromatic rings. The van der Waals surface area contributed by atoms with E-state index in [-0.39, 0.29) is 11.9 Å². The Morgan fingerprint density at radius 3 is 2.83 bits per heavy atom. The van der Waals surface area contributed by atoms with Crippen molar-refractivity contribution in [2.45, 2.75) is 44.7 Å². The van der Waals surface area contributed by atoms with Crippen LogP contribution in [0.25, 0.3) is 0 Å². The Hall–Kier alpha value is -0.810. The minimum absolute atomic E-state index is 0.00665. The van der Waals surface area contributed by atoms with E-state index in [2.05, 4.69) is 22.2 Å². The molecule has 0 bridgehead atoms. The summed E-state index contributed by atoms with van der Waals surface area (Å²) in [5.74, 6) is 0.356. The maximum atomic E-state index is 11.6. The van der Waals surface area contributed by atoms with Gasteiger partial charge in [0.05, 0.1) is 5.75 Å². The van der Waals surface area contributed by atoms with E-state index in [0.29, 0.717) is 10.9 Å². The molecule has 0 atom stereocenters. The monoisotopic (exact) mass is 287 g/mol. The van der Waals surface area contributed by atoms with E-state index in [1.807, 2.05) is 13.8 Å². The standard InChI is InChI=1S/C12H18ClN3OS/c1-4-5-9-11(13)14-7-15-12(9)18-6-10(17)16-8(2)3/h7-8H,4-6H2,1-3H3,(H,16,17). The van der Waals surface area contributed by atoms with E-state index >= 15 is 0 Å². The molecule has 1 aromatic heterocycles. The number of nitrogens with one attached hydrogen (secondary N) is 1. The maximum absolute atomic E-state index is 11.6. The van der Waals surface area contributed by atoms with Crippen LogP contribution in [0.4, 0.5) is 0 Å². The van der Waals surface area contributed by atoms with E-state index in [1.54, 1.807) is 0 Å². The van der Waals surface area contributed by atoms with Gasteiger partial charge in [-0.05, 0) is 20.3 Å². The Bertz CT molecular complexity index is 412. The Balaban J connectivity index is 2.66. The first-order valence-corrected chi connectivity index (χ1v) is 7.32. The smallest absolute Gasteiger partial charge is 0.230 e. The summed E-state index contributed by atoms with van der Waals surface area (Å²) in [4.78, 5) is 19.7. The second-order valence-electron chi connectivity index (χ2n) is 4.21. The van der Waals surface area contributed by atoms with Crippen molar-refractivity contribution >= 4 is 29.3 Å². The van der Waals surface area contributed by atoms with E-state index in [1.165, 1.54) is 18.1 Å². The van der Waals surface area contributed by atoms with Gasteiger partial charge in [0.1, 0.15) is 16.5 Å². The lowest BCUT2D eigenvalue weighted by atomic mass is 10.2. The van der Waals surface area contributed by atoms with Gasteiger partial charge >= 0.3 is 0 Å². The van der Waals surface area contributed by atoms with Gasteiger partial charge in [0.25, 0.3) is 0 Å². The van der Waals surface area contributed by atoms with E-state index in [4.69, 9.17) is 11.6 Å². The van der Waals surface area contributed by atoms with Crippen molar-refractivity contribution in [3.05, 3.63) is 17.0 Å². The SMILES string of the molecule is CCCc1c(Cl)ncnc1SCC(=O)NC(C)C. The second-order valence-corrected chi connectivity index (χ2v) is 5.53. The zero-order valence-corrected chi connectivity index (χ0v) is 12.4. The first-order valence-electron chi connectivity index (χ1n) is 5.96. The molecule has 100 valence electrons. The molecule has 18 heavy (non-hydrogen) atoms. The van der Waals surface area contributed by atoms with Crippen molar-refractivity contribution < 1.29 is 4.79 Å². The Morgan fingerprint density at radius 2 is 2.22 bits per heavy atom. The fourth-order valence-electron chi connectivity index (χ4n) is 1.46. The highest BCUT2D eigenvalue weighted by Crippen LogP contribution is 2.25. The zero-order valence-electron chi connectivity index (χ0n) is 10.9. The van der Waals surface area contributed by atoms with Gasteiger partial charge in [-0.3, -0.25) is 4.79 Å². The fraction of sp³-hybridized carbons (Fsp3) is 0.583. The van der Waals surface area contributed by atoms with Crippen LogP contribution < -0.4 is 5.32 Å². The number of carbonyl (C=O) groups excluding carboxylic acids is 1. The minimum Gasteiger partial charge on any atom is -0.353 e. The predicted molar refractivity (Wildman–Crippen MR) is 75.0 cm³/mol. The molecule has 0 saturated heterocycles. The third-order valence-corrected chi connectivity index (χ3v) is 3.50. The average molecular weight is 288 g/mol. The van der Waals surface area contributed by atoms with Crippen LogP contribution in [0.15, 0.2) is 11.4 Å². The molecule has 4 nitrogen and oxygen atoms in total. The lowest BCUT2D eigenvalue weighted by Gasteiger charge is -2.10. The number of halogens is 1. The number of aromatic nitrogens is 2. The highest BCUT2D eigenvalue weighted by molar-refractivity contribution is 7.99. The van der Waals surface area contributed by atoms with Crippen LogP contribution in [-0.2, 0) is 11.2 Å². The zero-order chi connectivity index (χ0) is 13.5. The molecule has 1 rings (SSSR count). The van der Waals surface area contributed by atoms with Crippen LogP contribution in [0.3, 0.4) is 0 Å². The molecule has 0 aliphatic rings. The summed E-state index contributed by atoms with van der Waals surface area (Å²) in [6.45, 7) is 5.95. The van der Waals surface area contributed by atoms with E-state index in [9.17, 15) is 4.79 Å². The molecule has 0 radical (unpaired) electrons. The van der Waals surface area contributed by atoms with Gasteiger partial charge in [-0.25, -0.2) is 9.97 Å². The summed E-state index contributed by atoms with van der Waals surface area (Å²) in [5, 5.41) is 4.13. The summed E-state index contributed by atoms with van der Waals surface area (Å²) in [6, 6.07) is 0.155. The summed E-state index contributed by atoms with van der Waals surface area (Å²) in [6.07, 6.45) is 3.23. The van der Waals surface area contributed by atoms with Crippen molar-refractivity contribution in [3.8, 4) is 0 Å². The number of carbonyl (C=O) groups is 1. The molecular formula is C12H18ClN3OS. The second kappa shape index (κ2) is 7.59. The summed E-state index contributed by atoms with van der Waals surface area (Å²) >= 11 is 7.45. The Morgan fingerprint density at radius 1 is 1.50 bits per heavy atom. The van der Waals surface area contributed by atoms with E-state index < -0.39 is 0 Å². The Labute approximate surface area is 117 Å². The third-order valence-electron chi connectivity index (χ3n) is 2.14. The topological polar surface area (TPSA) is 54.9 Å². The molecule has 0 aromatic carbocycles. The number of hydrogen-bond acceptors (Lipinski definition) is 4. The molecule has 1 heterocycles. The Kier molecular flexibility index (Phi) is 6.43. The van der Waals surface area contributed by atoms with Gasteiger partial charge in [-0.15, -0.1) is 0 Å². The quantitative estimate of drug-likeness (QED) is 0.646. The van der Waals surface area contributed by atoms with Crippen LogP contribution in [0, 0.1) is 0 Å². The van der Waals surface area contributed by atoms with Crippen molar-refractivity contribution in [1.82, 2.24) is 15.3 Å². The van der Waals surface area contributed by atoms with Crippen molar-refractivity contribution in [2.75, 3.05) is 5.75 Å². The molecule has 0 saturated carbocycles. The largest absolute Gasteiger partial charge is 0.353 e. The third kappa shape index (κ3) is 4.82. The minimum atomic E-state index is 0.00665. The predicted octanol–water partition coefficient (Wildman–Crippen LogP) is 2.70. The molecule has 0 aliphatic heterocycles. The van der Waals surface area contributed by atoms with Crippen molar-refractivity contribution in [3.63, 3.8) is 0 Å². The highest BCUT2D eigenvalue weighted by Gasteiger charge is 2.12. The molecule has 0 fully saturated rings. The van der Waals surface area contributed by atoms with E-state index in [0.717, 1.165) is 23.4 Å². The molecule has 0 spiro atoms. The molecule has 0 aliphatic carbocycles. The first-order chi connectivity index (χ1) is 8.54. The van der Waals surface area contributed by atoms with Gasteiger partial charge in [0.2, 0.25) is 5.91 Å². The van der Waals surface area contributed by atoms with Crippen molar-refractivity contribution in [2.24, 2.45) is 0 Å². The molecular weight excluding hydrogens is 270 g/mol. The lowest BCUT2D eigenvalue weighted by molar-refractivity contribution is -0.119. The molecule has 1 N–H and O–H groups in total. The lowest BCUT2D eigenvalue weighted by Crippen LogP contribution is -2.31. The number of rotatable bonds is 6. The van der Waals surface area contributed by atoms with Crippen molar-refractivity contribution in [1.29, 1.82) is 0 Å². The highest BCUT2D eigenvalue weighted by atomic mass is 35.5. The van der Waals surface area contributed by atoms with Crippen LogP contribution in [0.2, 0.25) is 5.15 Å². The molecule has 1 amide bonds. The van der Waals surface area contributed by atoms with Crippen LogP contribution in [-0.4, -0.2) is 27.7 Å². The normalized spacial score (nSPS) is 10.7. The van der Waals surface area contributed by atoms with Gasteiger partial charge in [0.15, 0.2) is 0 Å². The summed E-state index contributed by atoms with van der Waals surface area (Å²) in [5.41, 5.74) is 0.934. The fourth-order valence-corrected chi connectivity index (χ4v) is 2.59. The number of hydrogen-bond donors (Lipinski definition) is 1. The number of amides is 1. The molecule has 0 unspecified atom stereocenters. The maximum Gasteiger partial charge on any atom is 0.230 e. The number of nitrogens with zero attached hydrogens (tertiary/aromatic N) is 2. The average Bonchev–Trinajstić information content (AvgIpc) is 2.29. The van der Waals surface area contributed by atoms with Gasteiger partial charge in [-0.1, -0.05) is 36.7 Å². The van der Waals surface area contributed by atoms with Crippen LogP contribution in [0.5, 0.6) is 0 Å².